The maximum Gasteiger partial charge on any atom is 0.339 e. The zero-order chi connectivity index (χ0) is 10.7. The lowest BCUT2D eigenvalue weighted by atomic mass is 10.1. The molecule has 0 amide bonds. The van der Waals surface area contributed by atoms with Gasteiger partial charge in [0.15, 0.2) is 0 Å². The number of alkyl halides is 1. The van der Waals surface area contributed by atoms with Crippen LogP contribution in [-0.2, 0) is 10.1 Å². The number of rotatable bonds is 2. The Morgan fingerprint density at radius 3 is 2.64 bits per heavy atom. The molecule has 1 rings (SSSR count). The Morgan fingerprint density at radius 2 is 2.14 bits per heavy atom. The second-order valence-electron chi connectivity index (χ2n) is 2.55. The van der Waals surface area contributed by atoms with Gasteiger partial charge >= 0.3 is 5.97 Å². The van der Waals surface area contributed by atoms with E-state index in [2.05, 4.69) is 20.7 Å². The smallest absolute Gasteiger partial charge is 0.339 e. The average Bonchev–Trinajstić information content (AvgIpc) is 2.19. The van der Waals surface area contributed by atoms with Crippen LogP contribution in [0.5, 0.6) is 0 Å². The molecule has 0 fully saturated rings. The van der Waals surface area contributed by atoms with Gasteiger partial charge in [0, 0.05) is 10.4 Å². The Balaban J connectivity index is 3.29. The summed E-state index contributed by atoms with van der Waals surface area (Å²) in [5.74, 6) is -0.486. The highest BCUT2D eigenvalue weighted by Crippen LogP contribution is 2.27. The number of hydrogen-bond acceptors (Lipinski definition) is 2. The van der Waals surface area contributed by atoms with Crippen LogP contribution in [0.2, 0.25) is 10.0 Å². The molecule has 76 valence electrons. The quantitative estimate of drug-likeness (QED) is 0.615. The van der Waals surface area contributed by atoms with Crippen LogP contribution in [-0.4, -0.2) is 13.1 Å². The molecular weight excluding hydrogens is 291 g/mol. The van der Waals surface area contributed by atoms with Gasteiger partial charge in [0.2, 0.25) is 0 Å². The van der Waals surface area contributed by atoms with Gasteiger partial charge in [-0.3, -0.25) is 0 Å². The molecule has 0 aromatic heterocycles. The predicted molar refractivity (Wildman–Crippen MR) is 60.4 cm³/mol. The number of benzene rings is 1. The fourth-order valence-corrected chi connectivity index (χ4v) is 2.10. The van der Waals surface area contributed by atoms with Crippen molar-refractivity contribution in [3.05, 3.63) is 33.3 Å². The fraction of sp³-hybridized carbons (Fsp3) is 0.222. The summed E-state index contributed by atoms with van der Waals surface area (Å²) in [6, 6.07) is 3.19. The van der Waals surface area contributed by atoms with E-state index in [0.29, 0.717) is 15.4 Å². The third kappa shape index (κ3) is 2.41. The van der Waals surface area contributed by atoms with Gasteiger partial charge in [-0.1, -0.05) is 39.1 Å². The van der Waals surface area contributed by atoms with Crippen molar-refractivity contribution < 1.29 is 9.53 Å². The van der Waals surface area contributed by atoms with Crippen LogP contribution in [0.15, 0.2) is 12.1 Å². The normalized spacial score (nSPS) is 10.0. The van der Waals surface area contributed by atoms with Gasteiger partial charge in [0.25, 0.3) is 0 Å². The van der Waals surface area contributed by atoms with E-state index < -0.39 is 5.97 Å². The van der Waals surface area contributed by atoms with Crippen molar-refractivity contribution >= 4 is 45.1 Å². The molecule has 0 spiro atoms. The highest BCUT2D eigenvalue weighted by molar-refractivity contribution is 9.08. The van der Waals surface area contributed by atoms with E-state index in [1.807, 2.05) is 0 Å². The van der Waals surface area contributed by atoms with Crippen LogP contribution < -0.4 is 0 Å². The molecule has 5 heteroatoms. The van der Waals surface area contributed by atoms with Gasteiger partial charge in [-0.25, -0.2) is 4.79 Å². The summed E-state index contributed by atoms with van der Waals surface area (Å²) in [7, 11) is 1.30. The first-order valence-electron chi connectivity index (χ1n) is 3.72. The van der Waals surface area contributed by atoms with Gasteiger partial charge < -0.3 is 4.74 Å². The van der Waals surface area contributed by atoms with Crippen LogP contribution in [0.1, 0.15) is 15.9 Å². The fourth-order valence-electron chi connectivity index (χ4n) is 1.00. The summed E-state index contributed by atoms with van der Waals surface area (Å²) in [6.45, 7) is 0. The minimum Gasteiger partial charge on any atom is -0.465 e. The Morgan fingerprint density at radius 1 is 1.50 bits per heavy atom. The number of methoxy groups -OCH3 is 1. The van der Waals surface area contributed by atoms with Crippen LogP contribution in [0.4, 0.5) is 0 Å². The number of carbonyl (C=O) groups is 1. The van der Waals surface area contributed by atoms with Crippen molar-refractivity contribution in [3.8, 4) is 0 Å². The van der Waals surface area contributed by atoms with E-state index in [4.69, 9.17) is 23.2 Å². The van der Waals surface area contributed by atoms with E-state index in [1.54, 1.807) is 6.07 Å². The zero-order valence-corrected chi connectivity index (χ0v) is 10.4. The second kappa shape index (κ2) is 5.01. The zero-order valence-electron chi connectivity index (χ0n) is 7.31. The molecule has 0 aliphatic heterocycles. The third-order valence-corrected chi connectivity index (χ3v) is 2.93. The predicted octanol–water partition coefficient (Wildman–Crippen LogP) is 3.67. The summed E-state index contributed by atoms with van der Waals surface area (Å²) < 4.78 is 4.57. The largest absolute Gasteiger partial charge is 0.465 e. The minimum absolute atomic E-state index is 0.288. The third-order valence-electron chi connectivity index (χ3n) is 1.66. The van der Waals surface area contributed by atoms with Crippen molar-refractivity contribution in [1.82, 2.24) is 0 Å². The number of carbonyl (C=O) groups excluding carboxylic acids is 1. The molecule has 0 radical (unpaired) electrons. The Hall–Kier alpha value is -0.250. The Bertz CT molecular complexity index is 366. The van der Waals surface area contributed by atoms with Gasteiger partial charge in [-0.05, 0) is 17.7 Å². The van der Waals surface area contributed by atoms with Crippen molar-refractivity contribution in [2.75, 3.05) is 7.11 Å². The molecule has 14 heavy (non-hydrogen) atoms. The Labute approximate surface area is 100 Å². The molecule has 0 saturated heterocycles. The molecule has 0 N–H and O–H groups in total. The van der Waals surface area contributed by atoms with Crippen molar-refractivity contribution in [2.45, 2.75) is 5.33 Å². The first-order chi connectivity index (χ1) is 6.60. The Kier molecular flexibility index (Phi) is 4.23. The first kappa shape index (κ1) is 11.8. The lowest BCUT2D eigenvalue weighted by Crippen LogP contribution is -2.03. The number of esters is 1. The molecule has 0 heterocycles. The summed E-state index contributed by atoms with van der Waals surface area (Å²) in [5.41, 5.74) is 1.05. The van der Waals surface area contributed by atoms with Gasteiger partial charge in [-0.15, -0.1) is 0 Å². The van der Waals surface area contributed by atoms with Crippen LogP contribution in [0.25, 0.3) is 0 Å². The monoisotopic (exact) mass is 296 g/mol. The van der Waals surface area contributed by atoms with E-state index in [1.165, 1.54) is 13.2 Å². The first-order valence-corrected chi connectivity index (χ1v) is 5.60. The summed E-state index contributed by atoms with van der Waals surface area (Å²) >= 11 is 15.0. The van der Waals surface area contributed by atoms with Crippen LogP contribution >= 0.6 is 39.1 Å². The lowest BCUT2D eigenvalue weighted by Gasteiger charge is -2.06. The van der Waals surface area contributed by atoms with Gasteiger partial charge in [-0.2, -0.15) is 0 Å². The SMILES string of the molecule is COC(=O)c1cc(Cl)cc(CBr)c1Cl. The molecule has 2 nitrogen and oxygen atoms in total. The van der Waals surface area contributed by atoms with Crippen LogP contribution in [0.3, 0.4) is 0 Å². The summed E-state index contributed by atoms with van der Waals surface area (Å²) in [4.78, 5) is 11.3. The molecule has 1 aromatic carbocycles. The molecule has 0 aliphatic carbocycles. The van der Waals surface area contributed by atoms with Crippen molar-refractivity contribution in [3.63, 3.8) is 0 Å². The van der Waals surface area contributed by atoms with E-state index in [9.17, 15) is 4.79 Å². The number of halogens is 3. The molecule has 1 aromatic rings. The van der Waals surface area contributed by atoms with E-state index in [-0.39, 0.29) is 5.56 Å². The van der Waals surface area contributed by atoms with Gasteiger partial charge in [0.05, 0.1) is 17.7 Å². The topological polar surface area (TPSA) is 26.3 Å². The molecular formula is C9H7BrCl2O2. The van der Waals surface area contributed by atoms with E-state index >= 15 is 0 Å². The maximum atomic E-state index is 11.3. The summed E-state index contributed by atoms with van der Waals surface area (Å²) in [5, 5.41) is 1.37. The van der Waals surface area contributed by atoms with E-state index in [0.717, 1.165) is 5.56 Å². The van der Waals surface area contributed by atoms with Crippen molar-refractivity contribution in [1.29, 1.82) is 0 Å². The van der Waals surface area contributed by atoms with Crippen LogP contribution in [0, 0.1) is 0 Å². The molecule has 0 aliphatic rings. The summed E-state index contributed by atoms with van der Waals surface area (Å²) in [6.07, 6.45) is 0. The number of ether oxygens (including phenoxy) is 1. The average molecular weight is 298 g/mol. The number of hydrogen-bond donors (Lipinski definition) is 0. The lowest BCUT2D eigenvalue weighted by molar-refractivity contribution is 0.0601. The molecule has 0 saturated carbocycles. The van der Waals surface area contributed by atoms with Gasteiger partial charge in [0.1, 0.15) is 0 Å². The molecule has 0 atom stereocenters. The molecule has 0 bridgehead atoms. The standard InChI is InChI=1S/C9H7BrCl2O2/c1-14-9(13)7-3-6(11)2-5(4-10)8(7)12/h2-3H,4H2,1H3. The highest BCUT2D eigenvalue weighted by atomic mass is 79.9. The minimum atomic E-state index is -0.486. The highest BCUT2D eigenvalue weighted by Gasteiger charge is 2.14. The van der Waals surface area contributed by atoms with Crippen molar-refractivity contribution in [2.24, 2.45) is 0 Å². The maximum absolute atomic E-state index is 11.3. The molecule has 0 unspecified atom stereocenters. The second-order valence-corrected chi connectivity index (χ2v) is 3.93.